The molecule has 1 fully saturated rings. The van der Waals surface area contributed by atoms with E-state index in [9.17, 15) is 9.90 Å². The molecule has 1 saturated carbocycles. The van der Waals surface area contributed by atoms with Gasteiger partial charge in [-0.15, -0.1) is 0 Å². The van der Waals surface area contributed by atoms with Crippen LogP contribution in [0.2, 0.25) is 0 Å². The molecular weight excluding hydrogens is 226 g/mol. The first kappa shape index (κ1) is 11.6. The van der Waals surface area contributed by atoms with Crippen molar-refractivity contribution >= 4 is 11.7 Å². The van der Waals surface area contributed by atoms with Gasteiger partial charge < -0.3 is 10.0 Å². The number of nitrogens with zero attached hydrogens (tertiary/aromatic N) is 1. The van der Waals surface area contributed by atoms with Crippen molar-refractivity contribution in [1.29, 1.82) is 0 Å². The van der Waals surface area contributed by atoms with Gasteiger partial charge in [0.15, 0.2) is 0 Å². The van der Waals surface area contributed by atoms with E-state index in [1.807, 2.05) is 12.1 Å². The fraction of sp³-hybridized carbons (Fsp3) is 0.533. The number of carbonyl (C=O) groups is 1. The largest absolute Gasteiger partial charge is 0.481 e. The highest BCUT2D eigenvalue weighted by atomic mass is 16.4. The smallest absolute Gasteiger partial charge is 0.310 e. The zero-order valence-corrected chi connectivity index (χ0v) is 10.7. The molecule has 0 saturated heterocycles. The van der Waals surface area contributed by atoms with Gasteiger partial charge in [-0.05, 0) is 43.7 Å². The molecule has 1 aliphatic carbocycles. The zero-order valence-electron chi connectivity index (χ0n) is 10.7. The molecule has 1 aliphatic heterocycles. The number of rotatable bonds is 3. The first-order chi connectivity index (χ1) is 8.68. The summed E-state index contributed by atoms with van der Waals surface area (Å²) >= 11 is 0. The van der Waals surface area contributed by atoms with Crippen LogP contribution in [-0.2, 0) is 11.2 Å². The molecule has 0 aromatic heterocycles. The second-order valence-electron chi connectivity index (χ2n) is 5.44. The number of hydrogen-bond acceptors (Lipinski definition) is 2. The molecule has 3 rings (SSSR count). The number of benzene rings is 1. The Balaban J connectivity index is 2.01. The third-order valence-corrected chi connectivity index (χ3v) is 4.41. The Bertz CT molecular complexity index is 479. The molecule has 0 radical (unpaired) electrons. The van der Waals surface area contributed by atoms with Crippen LogP contribution < -0.4 is 4.90 Å². The Morgan fingerprint density at radius 1 is 1.44 bits per heavy atom. The summed E-state index contributed by atoms with van der Waals surface area (Å²) in [5, 5.41) is 9.24. The first-order valence-electron chi connectivity index (χ1n) is 6.79. The van der Waals surface area contributed by atoms with Crippen LogP contribution in [0.1, 0.15) is 43.2 Å². The van der Waals surface area contributed by atoms with Gasteiger partial charge in [0, 0.05) is 18.3 Å². The summed E-state index contributed by atoms with van der Waals surface area (Å²) in [5.41, 5.74) is 3.54. The molecule has 1 aromatic rings. The Morgan fingerprint density at radius 2 is 2.22 bits per heavy atom. The van der Waals surface area contributed by atoms with E-state index in [4.69, 9.17) is 0 Å². The van der Waals surface area contributed by atoms with Gasteiger partial charge in [-0.25, -0.2) is 0 Å². The van der Waals surface area contributed by atoms with Crippen molar-refractivity contribution < 1.29 is 9.90 Å². The summed E-state index contributed by atoms with van der Waals surface area (Å²) < 4.78 is 0. The fourth-order valence-corrected chi connectivity index (χ4v) is 3.06. The molecule has 1 heterocycles. The van der Waals surface area contributed by atoms with Crippen LogP contribution in [0.4, 0.5) is 5.69 Å². The SMILES string of the molecule is CC(C(=O)O)c1cccc2c1N(C1CCC1)CC2. The molecule has 3 nitrogen and oxygen atoms in total. The molecule has 1 N–H and O–H groups in total. The van der Waals surface area contributed by atoms with E-state index >= 15 is 0 Å². The Labute approximate surface area is 107 Å². The number of carboxylic acids is 1. The molecule has 0 spiro atoms. The van der Waals surface area contributed by atoms with E-state index in [2.05, 4.69) is 11.0 Å². The van der Waals surface area contributed by atoms with Crippen LogP contribution in [0.15, 0.2) is 18.2 Å². The Morgan fingerprint density at radius 3 is 2.83 bits per heavy atom. The lowest BCUT2D eigenvalue weighted by molar-refractivity contribution is -0.138. The topological polar surface area (TPSA) is 40.5 Å². The number of fused-ring (bicyclic) bond motifs is 1. The van der Waals surface area contributed by atoms with Gasteiger partial charge in [0.05, 0.1) is 5.92 Å². The van der Waals surface area contributed by atoms with Gasteiger partial charge in [-0.1, -0.05) is 18.2 Å². The molecule has 0 amide bonds. The van der Waals surface area contributed by atoms with Crippen molar-refractivity contribution in [2.45, 2.75) is 44.6 Å². The standard InChI is InChI=1S/C15H19NO2/c1-10(15(17)18)13-7-2-4-11-8-9-16(14(11)13)12-5-3-6-12/h2,4,7,10,12H,3,5-6,8-9H2,1H3,(H,17,18). The van der Waals surface area contributed by atoms with E-state index in [-0.39, 0.29) is 0 Å². The minimum Gasteiger partial charge on any atom is -0.481 e. The average molecular weight is 245 g/mol. The quantitative estimate of drug-likeness (QED) is 0.890. The summed E-state index contributed by atoms with van der Waals surface area (Å²) in [6, 6.07) is 6.77. The lowest BCUT2D eigenvalue weighted by atomic mass is 9.90. The number of aliphatic carboxylic acids is 1. The monoisotopic (exact) mass is 245 g/mol. The van der Waals surface area contributed by atoms with Gasteiger partial charge in [-0.2, -0.15) is 0 Å². The van der Waals surface area contributed by atoms with Crippen LogP contribution in [0, 0.1) is 0 Å². The van der Waals surface area contributed by atoms with Crippen LogP contribution in [-0.4, -0.2) is 23.7 Å². The first-order valence-corrected chi connectivity index (χ1v) is 6.79. The fourth-order valence-electron chi connectivity index (χ4n) is 3.06. The van der Waals surface area contributed by atoms with Crippen molar-refractivity contribution in [3.05, 3.63) is 29.3 Å². The van der Waals surface area contributed by atoms with Crippen molar-refractivity contribution in [3.63, 3.8) is 0 Å². The van der Waals surface area contributed by atoms with Crippen molar-refractivity contribution in [1.82, 2.24) is 0 Å². The van der Waals surface area contributed by atoms with Crippen molar-refractivity contribution in [2.24, 2.45) is 0 Å². The van der Waals surface area contributed by atoms with E-state index in [1.54, 1.807) is 6.92 Å². The maximum atomic E-state index is 11.2. The van der Waals surface area contributed by atoms with Gasteiger partial charge >= 0.3 is 5.97 Å². The number of carboxylic acid groups (broad SMARTS) is 1. The third-order valence-electron chi connectivity index (χ3n) is 4.41. The van der Waals surface area contributed by atoms with Gasteiger partial charge in [0.2, 0.25) is 0 Å². The molecule has 96 valence electrons. The number of para-hydroxylation sites is 1. The minimum absolute atomic E-state index is 0.416. The maximum Gasteiger partial charge on any atom is 0.310 e. The predicted octanol–water partition coefficient (Wildman–Crippen LogP) is 2.79. The average Bonchev–Trinajstić information content (AvgIpc) is 2.70. The van der Waals surface area contributed by atoms with Gasteiger partial charge in [-0.3, -0.25) is 4.79 Å². The summed E-state index contributed by atoms with van der Waals surface area (Å²) in [4.78, 5) is 13.7. The van der Waals surface area contributed by atoms with Crippen LogP contribution in [0.5, 0.6) is 0 Å². The molecule has 0 bridgehead atoms. The van der Waals surface area contributed by atoms with Crippen LogP contribution >= 0.6 is 0 Å². The predicted molar refractivity (Wildman–Crippen MR) is 71.2 cm³/mol. The lowest BCUT2D eigenvalue weighted by Crippen LogP contribution is -2.39. The number of anilines is 1. The second-order valence-corrected chi connectivity index (χ2v) is 5.44. The summed E-state index contributed by atoms with van der Waals surface area (Å²) in [5.74, 6) is -1.15. The summed E-state index contributed by atoms with van der Waals surface area (Å²) in [7, 11) is 0. The summed E-state index contributed by atoms with van der Waals surface area (Å²) in [6.07, 6.45) is 4.89. The molecule has 1 unspecified atom stereocenters. The van der Waals surface area contributed by atoms with Crippen LogP contribution in [0.3, 0.4) is 0 Å². The van der Waals surface area contributed by atoms with Crippen LogP contribution in [0.25, 0.3) is 0 Å². The van der Waals surface area contributed by atoms with E-state index in [0.717, 1.165) is 18.5 Å². The normalized spacial score (nSPS) is 20.4. The van der Waals surface area contributed by atoms with E-state index in [1.165, 1.54) is 30.5 Å². The molecule has 1 atom stereocenters. The Hall–Kier alpha value is -1.51. The zero-order chi connectivity index (χ0) is 12.7. The van der Waals surface area contributed by atoms with Gasteiger partial charge in [0.25, 0.3) is 0 Å². The third kappa shape index (κ3) is 1.69. The minimum atomic E-state index is -0.733. The summed E-state index contributed by atoms with van der Waals surface area (Å²) in [6.45, 7) is 2.85. The lowest BCUT2D eigenvalue weighted by Gasteiger charge is -2.38. The highest BCUT2D eigenvalue weighted by Gasteiger charge is 2.33. The molecule has 2 aliphatic rings. The molecule has 1 aromatic carbocycles. The van der Waals surface area contributed by atoms with Crippen molar-refractivity contribution in [3.8, 4) is 0 Å². The maximum absolute atomic E-state index is 11.2. The van der Waals surface area contributed by atoms with E-state index < -0.39 is 11.9 Å². The second kappa shape index (κ2) is 4.30. The highest BCUT2D eigenvalue weighted by Crippen LogP contribution is 2.40. The Kier molecular flexibility index (Phi) is 2.77. The number of hydrogen-bond donors (Lipinski definition) is 1. The highest BCUT2D eigenvalue weighted by molar-refractivity contribution is 5.80. The molecule has 18 heavy (non-hydrogen) atoms. The van der Waals surface area contributed by atoms with Crippen molar-refractivity contribution in [2.75, 3.05) is 11.4 Å². The molecular formula is C15H19NO2. The van der Waals surface area contributed by atoms with Gasteiger partial charge in [0.1, 0.15) is 0 Å². The van der Waals surface area contributed by atoms with E-state index in [0.29, 0.717) is 6.04 Å². The molecule has 3 heteroatoms.